The van der Waals surface area contributed by atoms with E-state index in [0.717, 1.165) is 38.8 Å². The molecule has 7 heteroatoms. The van der Waals surface area contributed by atoms with Crippen molar-refractivity contribution >= 4 is 5.91 Å². The van der Waals surface area contributed by atoms with E-state index in [1.54, 1.807) is 10.9 Å². The third-order valence-electron chi connectivity index (χ3n) is 5.15. The highest BCUT2D eigenvalue weighted by Gasteiger charge is 2.24. The van der Waals surface area contributed by atoms with Crippen molar-refractivity contribution in [1.82, 2.24) is 24.9 Å². The standard InChI is InChI=1S/C22H25N5O2/c28-22(9-4-8-18-6-2-1-3-7-18)26-16-12-19(13-17-26)29-21-11-10-20(24-25-21)27-15-5-14-23-27/h1-3,5-7,10-11,14-15,19H,4,8-9,12-13,16-17H2. The molecule has 1 aliphatic rings. The van der Waals surface area contributed by atoms with Gasteiger partial charge in [0.15, 0.2) is 5.82 Å². The molecule has 7 nitrogen and oxygen atoms in total. The number of likely N-dealkylation sites (tertiary alicyclic amines) is 1. The number of nitrogens with zero attached hydrogens (tertiary/aromatic N) is 5. The van der Waals surface area contributed by atoms with Crippen LogP contribution in [-0.2, 0) is 11.2 Å². The summed E-state index contributed by atoms with van der Waals surface area (Å²) in [4.78, 5) is 14.4. The molecule has 3 heterocycles. The lowest BCUT2D eigenvalue weighted by atomic mass is 10.1. The van der Waals surface area contributed by atoms with Gasteiger partial charge in [-0.3, -0.25) is 4.79 Å². The van der Waals surface area contributed by atoms with Crippen molar-refractivity contribution < 1.29 is 9.53 Å². The number of aryl methyl sites for hydroxylation is 1. The zero-order chi connectivity index (χ0) is 19.9. The summed E-state index contributed by atoms with van der Waals surface area (Å²) in [6.07, 6.45) is 7.63. The number of aromatic nitrogens is 4. The highest BCUT2D eigenvalue weighted by Crippen LogP contribution is 2.18. The first-order valence-corrected chi connectivity index (χ1v) is 10.1. The normalized spacial score (nSPS) is 14.7. The van der Waals surface area contributed by atoms with Crippen LogP contribution in [0.1, 0.15) is 31.2 Å². The third-order valence-corrected chi connectivity index (χ3v) is 5.15. The quantitative estimate of drug-likeness (QED) is 0.619. The number of rotatable bonds is 7. The molecule has 0 bridgehead atoms. The van der Waals surface area contributed by atoms with E-state index in [-0.39, 0.29) is 12.0 Å². The summed E-state index contributed by atoms with van der Waals surface area (Å²) in [5.74, 6) is 1.40. The fourth-order valence-corrected chi connectivity index (χ4v) is 3.54. The van der Waals surface area contributed by atoms with E-state index in [2.05, 4.69) is 27.4 Å². The van der Waals surface area contributed by atoms with Gasteiger partial charge in [0.1, 0.15) is 6.10 Å². The summed E-state index contributed by atoms with van der Waals surface area (Å²) in [6.45, 7) is 1.46. The average Bonchev–Trinajstić information content (AvgIpc) is 3.30. The van der Waals surface area contributed by atoms with Crippen LogP contribution in [0.3, 0.4) is 0 Å². The maximum absolute atomic E-state index is 12.5. The van der Waals surface area contributed by atoms with Gasteiger partial charge in [-0.2, -0.15) is 5.10 Å². The van der Waals surface area contributed by atoms with Gasteiger partial charge in [-0.25, -0.2) is 4.68 Å². The van der Waals surface area contributed by atoms with Gasteiger partial charge in [0.25, 0.3) is 0 Å². The van der Waals surface area contributed by atoms with Crippen molar-refractivity contribution in [2.24, 2.45) is 0 Å². The zero-order valence-corrected chi connectivity index (χ0v) is 16.4. The third kappa shape index (κ3) is 5.19. The second-order valence-electron chi connectivity index (χ2n) is 7.22. The number of carbonyl (C=O) groups excluding carboxylic acids is 1. The summed E-state index contributed by atoms with van der Waals surface area (Å²) in [5.41, 5.74) is 1.28. The molecule has 3 aromatic rings. The Labute approximate surface area is 170 Å². The minimum absolute atomic E-state index is 0.0632. The number of piperidine rings is 1. The van der Waals surface area contributed by atoms with Gasteiger partial charge in [0.2, 0.25) is 11.8 Å². The Morgan fingerprint density at radius 1 is 1.03 bits per heavy atom. The average molecular weight is 391 g/mol. The summed E-state index contributed by atoms with van der Waals surface area (Å²) in [7, 11) is 0. The van der Waals surface area contributed by atoms with E-state index in [0.29, 0.717) is 18.1 Å². The predicted octanol–water partition coefficient (Wildman–Crippen LogP) is 3.06. The molecule has 1 aromatic carbocycles. The van der Waals surface area contributed by atoms with Gasteiger partial charge in [0, 0.05) is 50.8 Å². The van der Waals surface area contributed by atoms with E-state index in [9.17, 15) is 4.79 Å². The molecule has 0 N–H and O–H groups in total. The summed E-state index contributed by atoms with van der Waals surface area (Å²) in [5, 5.41) is 12.4. The molecular formula is C22H25N5O2. The Morgan fingerprint density at radius 3 is 2.55 bits per heavy atom. The van der Waals surface area contributed by atoms with Gasteiger partial charge in [-0.1, -0.05) is 30.3 Å². The van der Waals surface area contributed by atoms with Gasteiger partial charge in [-0.15, -0.1) is 10.2 Å². The molecule has 1 saturated heterocycles. The van der Waals surface area contributed by atoms with Crippen molar-refractivity contribution in [3.8, 4) is 11.7 Å². The number of ether oxygens (including phenoxy) is 1. The first-order chi connectivity index (χ1) is 14.3. The molecule has 0 unspecified atom stereocenters. The van der Waals surface area contributed by atoms with Crippen molar-refractivity contribution in [2.75, 3.05) is 13.1 Å². The second-order valence-corrected chi connectivity index (χ2v) is 7.22. The Kier molecular flexibility index (Phi) is 6.14. The second kappa shape index (κ2) is 9.32. The van der Waals surface area contributed by atoms with Crippen molar-refractivity contribution in [3.05, 3.63) is 66.5 Å². The molecule has 2 aromatic heterocycles. The topological polar surface area (TPSA) is 73.1 Å². The Hall–Kier alpha value is -3.22. The molecule has 0 radical (unpaired) electrons. The van der Waals surface area contributed by atoms with Crippen LogP contribution in [0.25, 0.3) is 5.82 Å². The molecular weight excluding hydrogens is 366 g/mol. The summed E-state index contributed by atoms with van der Waals surface area (Å²) >= 11 is 0. The largest absolute Gasteiger partial charge is 0.473 e. The Bertz CT molecular complexity index is 889. The first-order valence-electron chi connectivity index (χ1n) is 10.1. The molecule has 1 fully saturated rings. The van der Waals surface area contributed by atoms with Crippen molar-refractivity contribution in [1.29, 1.82) is 0 Å². The van der Waals surface area contributed by atoms with Crippen molar-refractivity contribution in [2.45, 2.75) is 38.2 Å². The van der Waals surface area contributed by atoms with Gasteiger partial charge < -0.3 is 9.64 Å². The lowest BCUT2D eigenvalue weighted by Crippen LogP contribution is -2.41. The molecule has 0 saturated carbocycles. The lowest BCUT2D eigenvalue weighted by Gasteiger charge is -2.32. The van der Waals surface area contributed by atoms with Crippen LogP contribution in [0, 0.1) is 0 Å². The molecule has 1 aliphatic heterocycles. The number of benzene rings is 1. The fraction of sp³-hybridized carbons (Fsp3) is 0.364. The molecule has 29 heavy (non-hydrogen) atoms. The van der Waals surface area contributed by atoms with Crippen molar-refractivity contribution in [3.63, 3.8) is 0 Å². The van der Waals surface area contributed by atoms with E-state index in [1.165, 1.54) is 5.56 Å². The van der Waals surface area contributed by atoms with Gasteiger partial charge >= 0.3 is 0 Å². The van der Waals surface area contributed by atoms with Gasteiger partial charge in [0.05, 0.1) is 0 Å². The SMILES string of the molecule is O=C(CCCc1ccccc1)N1CCC(Oc2ccc(-n3cccn3)nn2)CC1. The molecule has 0 aliphatic carbocycles. The Morgan fingerprint density at radius 2 is 1.86 bits per heavy atom. The number of hydrogen-bond acceptors (Lipinski definition) is 5. The summed E-state index contributed by atoms with van der Waals surface area (Å²) in [6, 6.07) is 15.8. The van der Waals surface area contributed by atoms with Crippen LogP contribution in [0.15, 0.2) is 60.9 Å². The molecule has 150 valence electrons. The molecule has 0 spiro atoms. The van der Waals surface area contributed by atoms with Crippen LogP contribution in [0.4, 0.5) is 0 Å². The van der Waals surface area contributed by atoms with Gasteiger partial charge in [-0.05, 0) is 30.5 Å². The zero-order valence-electron chi connectivity index (χ0n) is 16.4. The maximum atomic E-state index is 12.5. The number of hydrogen-bond donors (Lipinski definition) is 0. The highest BCUT2D eigenvalue weighted by molar-refractivity contribution is 5.76. The van der Waals surface area contributed by atoms with E-state index >= 15 is 0 Å². The predicted molar refractivity (Wildman–Crippen MR) is 109 cm³/mol. The molecule has 0 atom stereocenters. The maximum Gasteiger partial charge on any atom is 0.233 e. The van der Waals surface area contributed by atoms with Crippen LogP contribution in [-0.4, -0.2) is 50.0 Å². The van der Waals surface area contributed by atoms with Crippen LogP contribution in [0.5, 0.6) is 5.88 Å². The summed E-state index contributed by atoms with van der Waals surface area (Å²) < 4.78 is 7.60. The Balaban J connectivity index is 1.19. The van der Waals surface area contributed by atoms with E-state index < -0.39 is 0 Å². The highest BCUT2D eigenvalue weighted by atomic mass is 16.5. The minimum atomic E-state index is 0.0632. The first kappa shape index (κ1) is 19.1. The molecule has 1 amide bonds. The minimum Gasteiger partial charge on any atom is -0.473 e. The van der Waals surface area contributed by atoms with E-state index in [4.69, 9.17) is 4.74 Å². The number of carbonyl (C=O) groups is 1. The van der Waals surface area contributed by atoms with Crippen LogP contribution >= 0.6 is 0 Å². The number of amides is 1. The monoisotopic (exact) mass is 391 g/mol. The van der Waals surface area contributed by atoms with Crippen LogP contribution in [0.2, 0.25) is 0 Å². The lowest BCUT2D eigenvalue weighted by molar-refractivity contribution is -0.133. The fourth-order valence-electron chi connectivity index (χ4n) is 3.54. The van der Waals surface area contributed by atoms with Crippen LogP contribution < -0.4 is 4.74 Å². The molecule has 4 rings (SSSR count). The van der Waals surface area contributed by atoms with E-state index in [1.807, 2.05) is 47.5 Å². The smallest absolute Gasteiger partial charge is 0.233 e.